The monoisotopic (exact) mass is 333 g/mol. The van der Waals surface area contributed by atoms with Gasteiger partial charge in [0.05, 0.1) is 6.42 Å². The molecule has 0 unspecified atom stereocenters. The topological polar surface area (TPSA) is 75.4 Å². The minimum Gasteiger partial charge on any atom is -0.360 e. The van der Waals surface area contributed by atoms with Crippen LogP contribution in [0.2, 0.25) is 0 Å². The minimum absolute atomic E-state index is 0.0522. The molecule has 0 atom stereocenters. The number of aromatic nitrogens is 1. The normalized spacial score (nSPS) is 15.6. The van der Waals surface area contributed by atoms with Crippen molar-refractivity contribution in [2.24, 2.45) is 5.92 Å². The summed E-state index contributed by atoms with van der Waals surface area (Å²) in [5.74, 6) is 1.11. The van der Waals surface area contributed by atoms with E-state index in [1.165, 1.54) is 0 Å². The minimum atomic E-state index is -0.0854. The van der Waals surface area contributed by atoms with E-state index in [1.807, 2.05) is 22.4 Å². The van der Waals surface area contributed by atoms with E-state index in [-0.39, 0.29) is 17.7 Å². The lowest BCUT2D eigenvalue weighted by Crippen LogP contribution is -2.42. The molecule has 1 aliphatic rings. The summed E-state index contributed by atoms with van der Waals surface area (Å²) in [6.07, 6.45) is 1.81. The number of nitrogens with one attached hydrogen (secondary N) is 1. The highest BCUT2D eigenvalue weighted by Crippen LogP contribution is 2.21. The van der Waals surface area contributed by atoms with Crippen LogP contribution in [0.25, 0.3) is 0 Å². The van der Waals surface area contributed by atoms with Crippen molar-refractivity contribution >= 4 is 29.0 Å². The Bertz CT molecular complexity index is 673. The van der Waals surface area contributed by atoms with Gasteiger partial charge in [0.2, 0.25) is 11.8 Å². The van der Waals surface area contributed by atoms with Crippen molar-refractivity contribution in [2.75, 3.05) is 18.4 Å². The zero-order chi connectivity index (χ0) is 16.2. The van der Waals surface area contributed by atoms with E-state index in [0.717, 1.165) is 4.88 Å². The lowest BCUT2D eigenvalue weighted by molar-refractivity contribution is -0.133. The lowest BCUT2D eigenvalue weighted by Gasteiger charge is -2.31. The van der Waals surface area contributed by atoms with Gasteiger partial charge in [0.15, 0.2) is 5.82 Å². The average Bonchev–Trinajstić information content (AvgIpc) is 3.19. The molecule has 1 N–H and O–H groups in total. The van der Waals surface area contributed by atoms with Crippen LogP contribution in [0.3, 0.4) is 0 Å². The average molecular weight is 333 g/mol. The van der Waals surface area contributed by atoms with Crippen LogP contribution >= 0.6 is 11.3 Å². The van der Waals surface area contributed by atoms with Gasteiger partial charge in [-0.1, -0.05) is 11.2 Å². The second-order valence-electron chi connectivity index (χ2n) is 5.72. The van der Waals surface area contributed by atoms with Crippen LogP contribution in [0, 0.1) is 12.8 Å². The van der Waals surface area contributed by atoms with Crippen molar-refractivity contribution in [3.8, 4) is 0 Å². The molecule has 0 radical (unpaired) electrons. The maximum absolute atomic E-state index is 12.2. The predicted molar refractivity (Wildman–Crippen MR) is 87.2 cm³/mol. The quantitative estimate of drug-likeness (QED) is 0.932. The van der Waals surface area contributed by atoms with Gasteiger partial charge in [0, 0.05) is 30.0 Å². The molecule has 0 aromatic carbocycles. The first-order chi connectivity index (χ1) is 11.1. The number of amides is 2. The van der Waals surface area contributed by atoms with Gasteiger partial charge in [-0.05, 0) is 31.2 Å². The highest BCUT2D eigenvalue weighted by Gasteiger charge is 2.27. The SMILES string of the molecule is Cc1cc(NC(=O)C2CCN(C(=O)Cc3cccs3)CC2)no1. The third-order valence-corrected chi connectivity index (χ3v) is 4.88. The first kappa shape index (κ1) is 15.7. The molecular weight excluding hydrogens is 314 g/mol. The van der Waals surface area contributed by atoms with E-state index in [0.29, 0.717) is 43.9 Å². The number of aryl methyl sites for hydroxylation is 1. The highest BCUT2D eigenvalue weighted by molar-refractivity contribution is 7.10. The smallest absolute Gasteiger partial charge is 0.228 e. The Morgan fingerprint density at radius 1 is 1.43 bits per heavy atom. The van der Waals surface area contributed by atoms with E-state index >= 15 is 0 Å². The number of rotatable bonds is 4. The van der Waals surface area contributed by atoms with Crippen molar-refractivity contribution in [2.45, 2.75) is 26.2 Å². The first-order valence-electron chi connectivity index (χ1n) is 7.66. The number of nitrogens with zero attached hydrogens (tertiary/aromatic N) is 2. The number of hydrogen-bond donors (Lipinski definition) is 1. The van der Waals surface area contributed by atoms with Crippen molar-refractivity contribution in [1.29, 1.82) is 0 Å². The van der Waals surface area contributed by atoms with Gasteiger partial charge in [-0.3, -0.25) is 9.59 Å². The summed E-state index contributed by atoms with van der Waals surface area (Å²) in [5.41, 5.74) is 0. The molecule has 3 heterocycles. The zero-order valence-electron chi connectivity index (χ0n) is 12.9. The summed E-state index contributed by atoms with van der Waals surface area (Å²) in [4.78, 5) is 27.4. The summed E-state index contributed by atoms with van der Waals surface area (Å²) >= 11 is 1.60. The Kier molecular flexibility index (Phi) is 4.76. The summed E-state index contributed by atoms with van der Waals surface area (Å²) in [6.45, 7) is 3.03. The summed E-state index contributed by atoms with van der Waals surface area (Å²) in [5, 5.41) is 8.51. The molecule has 0 saturated carbocycles. The Labute approximate surface area is 138 Å². The Morgan fingerprint density at radius 2 is 2.22 bits per heavy atom. The van der Waals surface area contributed by atoms with E-state index in [9.17, 15) is 9.59 Å². The van der Waals surface area contributed by atoms with Gasteiger partial charge in [-0.25, -0.2) is 0 Å². The van der Waals surface area contributed by atoms with Crippen LogP contribution in [0.15, 0.2) is 28.1 Å². The lowest BCUT2D eigenvalue weighted by atomic mass is 9.95. The molecule has 23 heavy (non-hydrogen) atoms. The predicted octanol–water partition coefficient (Wildman–Crippen LogP) is 2.46. The van der Waals surface area contributed by atoms with Gasteiger partial charge >= 0.3 is 0 Å². The fraction of sp³-hybridized carbons (Fsp3) is 0.438. The van der Waals surface area contributed by atoms with Crippen molar-refractivity contribution in [3.63, 3.8) is 0 Å². The Morgan fingerprint density at radius 3 is 2.83 bits per heavy atom. The number of thiophene rings is 1. The third-order valence-electron chi connectivity index (χ3n) is 4.00. The largest absolute Gasteiger partial charge is 0.360 e. The number of anilines is 1. The van der Waals surface area contributed by atoms with Crippen LogP contribution in [0.4, 0.5) is 5.82 Å². The molecule has 2 aromatic heterocycles. The van der Waals surface area contributed by atoms with Crippen LogP contribution < -0.4 is 5.32 Å². The molecule has 2 aromatic rings. The maximum Gasteiger partial charge on any atom is 0.228 e. The number of carbonyl (C=O) groups excluding carboxylic acids is 2. The fourth-order valence-corrected chi connectivity index (χ4v) is 3.41. The van der Waals surface area contributed by atoms with Crippen LogP contribution in [-0.4, -0.2) is 35.0 Å². The van der Waals surface area contributed by atoms with Gasteiger partial charge in [0.25, 0.3) is 0 Å². The maximum atomic E-state index is 12.2. The van der Waals surface area contributed by atoms with Gasteiger partial charge in [-0.2, -0.15) is 0 Å². The van der Waals surface area contributed by atoms with Crippen molar-refractivity contribution < 1.29 is 14.1 Å². The van der Waals surface area contributed by atoms with Gasteiger partial charge in [0.1, 0.15) is 5.76 Å². The Hall–Kier alpha value is -2.15. The molecule has 1 saturated heterocycles. The molecular formula is C16H19N3O3S. The molecule has 2 amide bonds. The molecule has 7 heteroatoms. The van der Waals surface area contributed by atoms with E-state index in [1.54, 1.807) is 24.3 Å². The highest BCUT2D eigenvalue weighted by atomic mass is 32.1. The second kappa shape index (κ2) is 6.95. The number of carbonyl (C=O) groups is 2. The van der Waals surface area contributed by atoms with Crippen LogP contribution in [0.5, 0.6) is 0 Å². The molecule has 6 nitrogen and oxygen atoms in total. The van der Waals surface area contributed by atoms with Gasteiger partial charge < -0.3 is 14.7 Å². The van der Waals surface area contributed by atoms with E-state index in [4.69, 9.17) is 4.52 Å². The summed E-state index contributed by atoms with van der Waals surface area (Å²) < 4.78 is 4.93. The second-order valence-corrected chi connectivity index (χ2v) is 6.76. The molecule has 0 bridgehead atoms. The molecule has 1 aliphatic heterocycles. The van der Waals surface area contributed by atoms with Crippen molar-refractivity contribution in [1.82, 2.24) is 10.1 Å². The van der Waals surface area contributed by atoms with Crippen LogP contribution in [-0.2, 0) is 16.0 Å². The van der Waals surface area contributed by atoms with Crippen LogP contribution in [0.1, 0.15) is 23.5 Å². The number of hydrogen-bond acceptors (Lipinski definition) is 5. The van der Waals surface area contributed by atoms with E-state index < -0.39 is 0 Å². The molecule has 122 valence electrons. The first-order valence-corrected chi connectivity index (χ1v) is 8.54. The van der Waals surface area contributed by atoms with E-state index in [2.05, 4.69) is 10.5 Å². The standard InChI is InChI=1S/C16H19N3O3S/c1-11-9-14(18-22-11)17-16(21)12-4-6-19(7-5-12)15(20)10-13-3-2-8-23-13/h2-3,8-9,12H,4-7,10H2,1H3,(H,17,18,21). The number of likely N-dealkylation sites (tertiary alicyclic amines) is 1. The third kappa shape index (κ3) is 3.98. The Balaban J connectivity index is 1.47. The number of piperidine rings is 1. The molecule has 3 rings (SSSR count). The van der Waals surface area contributed by atoms with Crippen molar-refractivity contribution in [3.05, 3.63) is 34.2 Å². The fourth-order valence-electron chi connectivity index (χ4n) is 2.72. The molecule has 0 aliphatic carbocycles. The summed E-state index contributed by atoms with van der Waals surface area (Å²) in [6, 6.07) is 5.62. The zero-order valence-corrected chi connectivity index (χ0v) is 13.8. The molecule has 1 fully saturated rings. The summed E-state index contributed by atoms with van der Waals surface area (Å²) in [7, 11) is 0. The molecule has 0 spiro atoms. The van der Waals surface area contributed by atoms with Gasteiger partial charge in [-0.15, -0.1) is 11.3 Å².